The quantitative estimate of drug-likeness (QED) is 0.825. The molecule has 1 unspecified atom stereocenters. The highest BCUT2D eigenvalue weighted by molar-refractivity contribution is 5.47. The molecule has 1 aliphatic rings. The van der Waals surface area contributed by atoms with Crippen LogP contribution in [0.4, 0.5) is 18.9 Å². The topological polar surface area (TPSA) is 19.4 Å². The van der Waals surface area contributed by atoms with Gasteiger partial charge in [0.25, 0.3) is 0 Å². The van der Waals surface area contributed by atoms with E-state index in [1.807, 2.05) is 18.7 Å². The molecule has 6 heteroatoms. The maximum absolute atomic E-state index is 13.2. The minimum atomic E-state index is -4.22. The molecule has 1 fully saturated rings. The highest BCUT2D eigenvalue weighted by Crippen LogP contribution is 2.31. The Hall–Kier alpha value is -1.30. The third-order valence-electron chi connectivity index (χ3n) is 3.52. The molecule has 1 aromatic heterocycles. The van der Waals surface area contributed by atoms with Crippen molar-refractivity contribution in [2.45, 2.75) is 26.1 Å². The normalized spacial score (nSPS) is 21.7. The highest BCUT2D eigenvalue weighted by Gasteiger charge is 2.46. The Bertz CT molecular complexity index is 416. The van der Waals surface area contributed by atoms with Crippen LogP contribution < -0.4 is 4.90 Å². The second kappa shape index (κ2) is 5.36. The van der Waals surface area contributed by atoms with Crippen LogP contribution in [0.2, 0.25) is 0 Å². The van der Waals surface area contributed by atoms with Gasteiger partial charge in [0.05, 0.1) is 11.9 Å². The molecule has 2 rings (SSSR count). The van der Waals surface area contributed by atoms with Crippen molar-refractivity contribution in [1.29, 1.82) is 0 Å². The van der Waals surface area contributed by atoms with Gasteiger partial charge in [-0.2, -0.15) is 13.2 Å². The molecule has 106 valence electrons. The van der Waals surface area contributed by atoms with Crippen LogP contribution in [0.15, 0.2) is 18.3 Å². The number of likely N-dealkylation sites (N-methyl/N-ethyl adjacent to an activating group) is 1. The lowest BCUT2D eigenvalue weighted by atomic mass is 10.1. The van der Waals surface area contributed by atoms with E-state index < -0.39 is 12.2 Å². The average molecular weight is 273 g/mol. The number of piperazine rings is 1. The number of rotatable bonds is 2. The van der Waals surface area contributed by atoms with E-state index in [1.54, 1.807) is 12.1 Å². The van der Waals surface area contributed by atoms with Crippen molar-refractivity contribution in [3.05, 3.63) is 24.0 Å². The van der Waals surface area contributed by atoms with E-state index >= 15 is 0 Å². The maximum atomic E-state index is 13.2. The summed E-state index contributed by atoms with van der Waals surface area (Å²) in [6, 6.07) is 2.00. The molecule has 1 atom stereocenters. The Labute approximate surface area is 111 Å². The first-order valence-electron chi connectivity index (χ1n) is 6.40. The van der Waals surface area contributed by atoms with Crippen LogP contribution in [0.1, 0.15) is 12.6 Å². The summed E-state index contributed by atoms with van der Waals surface area (Å²) in [5.41, 5.74) is 1.35. The van der Waals surface area contributed by atoms with E-state index in [0.29, 0.717) is 25.3 Å². The summed E-state index contributed by atoms with van der Waals surface area (Å²) in [5.74, 6) is 0. The van der Waals surface area contributed by atoms with E-state index in [0.717, 1.165) is 5.69 Å². The number of hydrogen-bond acceptors (Lipinski definition) is 3. The summed E-state index contributed by atoms with van der Waals surface area (Å²) >= 11 is 0. The van der Waals surface area contributed by atoms with Crippen LogP contribution in [0.5, 0.6) is 0 Å². The zero-order chi connectivity index (χ0) is 14.0. The molecule has 0 radical (unpaired) electrons. The van der Waals surface area contributed by atoms with Crippen molar-refractivity contribution >= 4 is 5.69 Å². The Kier molecular flexibility index (Phi) is 3.99. The van der Waals surface area contributed by atoms with Gasteiger partial charge in [0.1, 0.15) is 6.04 Å². The number of aromatic nitrogens is 1. The van der Waals surface area contributed by atoms with Crippen LogP contribution in [0.25, 0.3) is 0 Å². The maximum Gasteiger partial charge on any atom is 0.409 e. The van der Waals surface area contributed by atoms with Crippen molar-refractivity contribution in [2.75, 3.05) is 31.1 Å². The first-order chi connectivity index (χ1) is 8.91. The third kappa shape index (κ3) is 3.18. The van der Waals surface area contributed by atoms with Crippen LogP contribution in [-0.2, 0) is 0 Å². The van der Waals surface area contributed by atoms with Gasteiger partial charge >= 0.3 is 6.18 Å². The minimum absolute atomic E-state index is 0.0217. The van der Waals surface area contributed by atoms with Crippen molar-refractivity contribution in [2.24, 2.45) is 0 Å². The SMILES string of the molecule is CCN1CCN(c2ccc(C)nc2)C(C(F)(F)F)C1. The Balaban J connectivity index is 2.24. The molecule has 1 aliphatic heterocycles. The summed E-state index contributed by atoms with van der Waals surface area (Å²) in [7, 11) is 0. The zero-order valence-electron chi connectivity index (χ0n) is 11.1. The number of pyridine rings is 1. The van der Waals surface area contributed by atoms with Crippen LogP contribution >= 0.6 is 0 Å². The molecule has 19 heavy (non-hydrogen) atoms. The number of anilines is 1. The molecule has 0 N–H and O–H groups in total. The molecular weight excluding hydrogens is 255 g/mol. The van der Waals surface area contributed by atoms with Gasteiger partial charge in [0.2, 0.25) is 0 Å². The fraction of sp³-hybridized carbons (Fsp3) is 0.615. The predicted octanol–water partition coefficient (Wildman–Crippen LogP) is 2.46. The summed E-state index contributed by atoms with van der Waals surface area (Å²) in [6.07, 6.45) is -2.70. The number of nitrogens with zero attached hydrogens (tertiary/aromatic N) is 3. The molecule has 0 amide bonds. The number of hydrogen-bond donors (Lipinski definition) is 0. The van der Waals surface area contributed by atoms with E-state index in [-0.39, 0.29) is 6.54 Å². The molecule has 0 bridgehead atoms. The predicted molar refractivity (Wildman–Crippen MR) is 68.3 cm³/mol. The summed E-state index contributed by atoms with van der Waals surface area (Å²) in [5, 5.41) is 0. The average Bonchev–Trinajstić information content (AvgIpc) is 2.38. The highest BCUT2D eigenvalue weighted by atomic mass is 19.4. The van der Waals surface area contributed by atoms with E-state index in [9.17, 15) is 13.2 Å². The van der Waals surface area contributed by atoms with E-state index in [2.05, 4.69) is 4.98 Å². The van der Waals surface area contributed by atoms with Crippen molar-refractivity contribution < 1.29 is 13.2 Å². The van der Waals surface area contributed by atoms with Gasteiger partial charge in [-0.25, -0.2) is 0 Å². The summed E-state index contributed by atoms with van der Waals surface area (Å²) in [4.78, 5) is 7.33. The summed E-state index contributed by atoms with van der Waals surface area (Å²) in [6.45, 7) is 5.40. The fourth-order valence-electron chi connectivity index (χ4n) is 2.35. The van der Waals surface area contributed by atoms with Crippen LogP contribution in [0.3, 0.4) is 0 Å². The number of aryl methyl sites for hydroxylation is 1. The monoisotopic (exact) mass is 273 g/mol. The second-order valence-electron chi connectivity index (χ2n) is 4.80. The van der Waals surface area contributed by atoms with Gasteiger partial charge in [-0.1, -0.05) is 6.92 Å². The van der Waals surface area contributed by atoms with Crippen molar-refractivity contribution in [1.82, 2.24) is 9.88 Å². The minimum Gasteiger partial charge on any atom is -0.356 e. The molecule has 0 aliphatic carbocycles. The number of alkyl halides is 3. The molecular formula is C13H18F3N3. The smallest absolute Gasteiger partial charge is 0.356 e. The zero-order valence-corrected chi connectivity index (χ0v) is 11.1. The van der Waals surface area contributed by atoms with E-state index in [4.69, 9.17) is 0 Å². The van der Waals surface area contributed by atoms with Crippen LogP contribution in [-0.4, -0.2) is 48.3 Å². The van der Waals surface area contributed by atoms with Gasteiger partial charge in [-0.05, 0) is 25.6 Å². The Morgan fingerprint density at radius 1 is 1.32 bits per heavy atom. The third-order valence-corrected chi connectivity index (χ3v) is 3.52. The molecule has 0 aromatic carbocycles. The van der Waals surface area contributed by atoms with Crippen molar-refractivity contribution in [3.8, 4) is 0 Å². The van der Waals surface area contributed by atoms with Crippen LogP contribution in [0, 0.1) is 6.92 Å². The summed E-state index contributed by atoms with van der Waals surface area (Å²) < 4.78 is 39.5. The largest absolute Gasteiger partial charge is 0.409 e. The van der Waals surface area contributed by atoms with Crippen molar-refractivity contribution in [3.63, 3.8) is 0 Å². The molecule has 0 spiro atoms. The molecule has 0 saturated carbocycles. The lowest BCUT2D eigenvalue weighted by molar-refractivity contribution is -0.156. The molecule has 1 saturated heterocycles. The fourth-order valence-corrected chi connectivity index (χ4v) is 2.35. The van der Waals surface area contributed by atoms with Gasteiger partial charge in [-0.3, -0.25) is 9.88 Å². The first kappa shape index (κ1) is 14.1. The Morgan fingerprint density at radius 2 is 2.05 bits per heavy atom. The molecule has 1 aromatic rings. The first-order valence-corrected chi connectivity index (χ1v) is 6.40. The molecule has 2 heterocycles. The van der Waals surface area contributed by atoms with Gasteiger partial charge in [-0.15, -0.1) is 0 Å². The van der Waals surface area contributed by atoms with Gasteiger partial charge in [0.15, 0.2) is 0 Å². The second-order valence-corrected chi connectivity index (χ2v) is 4.80. The molecule has 3 nitrogen and oxygen atoms in total. The standard InChI is InChI=1S/C13H18F3N3/c1-3-18-6-7-19(12(9-18)13(14,15)16)11-5-4-10(2)17-8-11/h4-5,8,12H,3,6-7,9H2,1-2H3. The lowest BCUT2D eigenvalue weighted by Crippen LogP contribution is -2.59. The van der Waals surface area contributed by atoms with Gasteiger partial charge < -0.3 is 4.90 Å². The number of halogens is 3. The van der Waals surface area contributed by atoms with Gasteiger partial charge in [0, 0.05) is 25.3 Å². The van der Waals surface area contributed by atoms with E-state index in [1.165, 1.54) is 11.1 Å². The lowest BCUT2D eigenvalue weighted by Gasteiger charge is -2.42. The Morgan fingerprint density at radius 3 is 2.58 bits per heavy atom.